The maximum atomic E-state index is 13.5. The first-order chi connectivity index (χ1) is 13.5. The molecule has 0 aliphatic carbocycles. The predicted octanol–water partition coefficient (Wildman–Crippen LogP) is 3.75. The highest BCUT2D eigenvalue weighted by molar-refractivity contribution is 5.91. The molecule has 3 aromatic heterocycles. The highest BCUT2D eigenvalue weighted by atomic mass is 19.1. The van der Waals surface area contributed by atoms with Crippen molar-refractivity contribution in [3.05, 3.63) is 42.1 Å². The predicted molar refractivity (Wildman–Crippen MR) is 107 cm³/mol. The van der Waals surface area contributed by atoms with Crippen molar-refractivity contribution in [1.29, 1.82) is 0 Å². The van der Waals surface area contributed by atoms with Crippen molar-refractivity contribution >= 4 is 27.8 Å². The van der Waals surface area contributed by atoms with Gasteiger partial charge in [0.25, 0.3) is 0 Å². The van der Waals surface area contributed by atoms with E-state index in [2.05, 4.69) is 10.1 Å². The number of fused-ring (bicyclic) bond motifs is 2. The Kier molecular flexibility index (Phi) is 3.72. The number of hydrogen-bond donors (Lipinski definition) is 1. The summed E-state index contributed by atoms with van der Waals surface area (Å²) >= 11 is 0. The summed E-state index contributed by atoms with van der Waals surface area (Å²) < 4.78 is 15.2. The van der Waals surface area contributed by atoms with E-state index in [4.69, 9.17) is 4.98 Å². The lowest BCUT2D eigenvalue weighted by Gasteiger charge is -2.16. The van der Waals surface area contributed by atoms with Crippen LogP contribution in [0.3, 0.4) is 0 Å². The summed E-state index contributed by atoms with van der Waals surface area (Å²) in [7, 11) is 1.86. The average Bonchev–Trinajstić information content (AvgIpc) is 3.29. The summed E-state index contributed by atoms with van der Waals surface area (Å²) in [5, 5.41) is 16.1. The summed E-state index contributed by atoms with van der Waals surface area (Å²) in [6.07, 6.45) is 1.69. The molecule has 1 unspecified atom stereocenters. The molecule has 1 fully saturated rings. The largest absolute Gasteiger partial charge is 0.507 e. The van der Waals surface area contributed by atoms with Crippen molar-refractivity contribution in [3.8, 4) is 17.0 Å². The van der Waals surface area contributed by atoms with Gasteiger partial charge in [-0.05, 0) is 43.7 Å². The Morgan fingerprint density at radius 3 is 2.71 bits per heavy atom. The monoisotopic (exact) mass is 377 g/mol. The molecule has 7 heteroatoms. The smallest absolute Gasteiger partial charge is 0.130 e. The van der Waals surface area contributed by atoms with E-state index in [1.54, 1.807) is 4.68 Å². The fraction of sp³-hybridized carbons (Fsp3) is 0.286. The lowest BCUT2D eigenvalue weighted by molar-refractivity contribution is 0.364. The van der Waals surface area contributed by atoms with Gasteiger partial charge in [0.05, 0.1) is 28.8 Å². The van der Waals surface area contributed by atoms with Gasteiger partial charge in [0.15, 0.2) is 0 Å². The lowest BCUT2D eigenvalue weighted by Crippen LogP contribution is -2.20. The van der Waals surface area contributed by atoms with Gasteiger partial charge in [-0.25, -0.2) is 14.4 Å². The molecule has 0 radical (unpaired) electrons. The Morgan fingerprint density at radius 1 is 1.14 bits per heavy atom. The van der Waals surface area contributed by atoms with E-state index in [1.165, 1.54) is 0 Å². The number of rotatable bonds is 2. The standard InChI is InChI=1S/C21H20FN5O/c1-12-20-13(10-26(2)25-20)9-15(21(12)28)16-3-4-18-17(23-16)5-6-19(24-18)27-8-7-14(22)11-27/h3-6,9-10,14,28H,7-8,11H2,1-2H3. The number of phenolic OH excluding ortho intramolecular Hbond substituents is 1. The molecule has 6 nitrogen and oxygen atoms in total. The maximum absolute atomic E-state index is 13.5. The van der Waals surface area contributed by atoms with Gasteiger partial charge in [0.1, 0.15) is 17.7 Å². The highest BCUT2D eigenvalue weighted by Gasteiger charge is 2.23. The molecule has 5 rings (SSSR count). The van der Waals surface area contributed by atoms with E-state index in [1.807, 2.05) is 55.4 Å². The number of nitrogens with zero attached hydrogens (tertiary/aromatic N) is 5. The zero-order valence-corrected chi connectivity index (χ0v) is 15.7. The lowest BCUT2D eigenvalue weighted by atomic mass is 10.0. The van der Waals surface area contributed by atoms with Crippen LogP contribution in [0.4, 0.5) is 10.2 Å². The quantitative estimate of drug-likeness (QED) is 0.576. The van der Waals surface area contributed by atoms with Crippen LogP contribution in [-0.4, -0.2) is 44.1 Å². The van der Waals surface area contributed by atoms with Crippen LogP contribution in [0.1, 0.15) is 12.0 Å². The fourth-order valence-corrected chi connectivity index (χ4v) is 3.89. The Hall–Kier alpha value is -3.22. The van der Waals surface area contributed by atoms with Crippen LogP contribution >= 0.6 is 0 Å². The number of hydrogen-bond acceptors (Lipinski definition) is 5. The Bertz CT molecular complexity index is 1220. The number of benzene rings is 1. The first-order valence-electron chi connectivity index (χ1n) is 9.33. The van der Waals surface area contributed by atoms with Gasteiger partial charge in [-0.3, -0.25) is 4.68 Å². The first-order valence-corrected chi connectivity index (χ1v) is 9.33. The second-order valence-electron chi connectivity index (χ2n) is 7.37. The van der Waals surface area contributed by atoms with Crippen molar-refractivity contribution in [1.82, 2.24) is 19.7 Å². The van der Waals surface area contributed by atoms with E-state index in [-0.39, 0.29) is 5.75 Å². The van der Waals surface area contributed by atoms with Gasteiger partial charge < -0.3 is 10.0 Å². The van der Waals surface area contributed by atoms with Crippen LogP contribution < -0.4 is 4.90 Å². The number of aryl methyl sites for hydroxylation is 2. The van der Waals surface area contributed by atoms with Gasteiger partial charge in [0.2, 0.25) is 0 Å². The summed E-state index contributed by atoms with van der Waals surface area (Å²) in [6, 6.07) is 9.45. The number of aromatic hydroxyl groups is 1. The first kappa shape index (κ1) is 16.9. The molecular formula is C21H20FN5O. The molecule has 1 aliphatic rings. The van der Waals surface area contributed by atoms with Crippen molar-refractivity contribution in [2.24, 2.45) is 7.05 Å². The van der Waals surface area contributed by atoms with Crippen molar-refractivity contribution in [3.63, 3.8) is 0 Å². The molecular weight excluding hydrogens is 357 g/mol. The van der Waals surface area contributed by atoms with E-state index >= 15 is 0 Å². The molecule has 4 heterocycles. The number of halogens is 1. The Balaban J connectivity index is 1.58. The fourth-order valence-electron chi connectivity index (χ4n) is 3.89. The molecule has 1 N–H and O–H groups in total. The molecule has 0 bridgehead atoms. The molecule has 1 aliphatic heterocycles. The highest BCUT2D eigenvalue weighted by Crippen LogP contribution is 2.36. The third-order valence-corrected chi connectivity index (χ3v) is 5.38. The molecule has 142 valence electrons. The minimum absolute atomic E-state index is 0.189. The van der Waals surface area contributed by atoms with Gasteiger partial charge in [-0.2, -0.15) is 5.10 Å². The van der Waals surface area contributed by atoms with Crippen LogP contribution in [0.15, 0.2) is 36.5 Å². The number of anilines is 1. The Morgan fingerprint density at radius 2 is 1.93 bits per heavy atom. The molecule has 1 atom stereocenters. The minimum Gasteiger partial charge on any atom is -0.507 e. The zero-order valence-electron chi connectivity index (χ0n) is 15.7. The van der Waals surface area contributed by atoms with Crippen molar-refractivity contribution in [2.75, 3.05) is 18.0 Å². The van der Waals surface area contributed by atoms with Gasteiger partial charge in [-0.1, -0.05) is 0 Å². The average molecular weight is 377 g/mol. The minimum atomic E-state index is -0.786. The molecule has 0 amide bonds. The van der Waals surface area contributed by atoms with Crippen molar-refractivity contribution < 1.29 is 9.50 Å². The topological polar surface area (TPSA) is 67.1 Å². The third kappa shape index (κ3) is 2.66. The molecule has 0 spiro atoms. The van der Waals surface area contributed by atoms with Crippen LogP contribution in [0.25, 0.3) is 33.2 Å². The van der Waals surface area contributed by atoms with Crippen LogP contribution in [-0.2, 0) is 7.05 Å². The zero-order chi connectivity index (χ0) is 19.4. The van der Waals surface area contributed by atoms with E-state index in [0.717, 1.165) is 33.3 Å². The molecule has 4 aromatic rings. The Labute approximate surface area is 161 Å². The van der Waals surface area contributed by atoms with Crippen molar-refractivity contribution in [2.45, 2.75) is 19.5 Å². The van der Waals surface area contributed by atoms with E-state index in [9.17, 15) is 9.50 Å². The maximum Gasteiger partial charge on any atom is 0.130 e. The van der Waals surface area contributed by atoms with Gasteiger partial charge in [0, 0.05) is 36.3 Å². The molecule has 1 saturated heterocycles. The number of phenols is 1. The molecule has 28 heavy (non-hydrogen) atoms. The molecule has 0 saturated carbocycles. The van der Waals surface area contributed by atoms with Crippen LogP contribution in [0, 0.1) is 6.92 Å². The number of pyridine rings is 2. The SMILES string of the molecule is Cc1c(O)c(-c2ccc3nc(N4CCC(F)C4)ccc3n2)cc2cn(C)nc12. The van der Waals surface area contributed by atoms with E-state index < -0.39 is 6.17 Å². The summed E-state index contributed by atoms with van der Waals surface area (Å²) in [5.74, 6) is 0.964. The second kappa shape index (κ2) is 6.15. The number of aromatic nitrogens is 4. The number of alkyl halides is 1. The summed E-state index contributed by atoms with van der Waals surface area (Å²) in [4.78, 5) is 11.3. The normalized spacial score (nSPS) is 17.1. The summed E-state index contributed by atoms with van der Waals surface area (Å²) in [5.41, 5.74) is 4.36. The van der Waals surface area contributed by atoms with E-state index in [0.29, 0.717) is 30.8 Å². The third-order valence-electron chi connectivity index (χ3n) is 5.38. The molecule has 1 aromatic carbocycles. The van der Waals surface area contributed by atoms with Gasteiger partial charge in [-0.15, -0.1) is 0 Å². The van der Waals surface area contributed by atoms with Crippen LogP contribution in [0.5, 0.6) is 5.75 Å². The second-order valence-corrected chi connectivity index (χ2v) is 7.37. The van der Waals surface area contributed by atoms with Crippen LogP contribution in [0.2, 0.25) is 0 Å². The summed E-state index contributed by atoms with van der Waals surface area (Å²) in [6.45, 7) is 2.93. The van der Waals surface area contributed by atoms with Gasteiger partial charge >= 0.3 is 0 Å².